The first-order chi connectivity index (χ1) is 15.0. The average Bonchev–Trinajstić information content (AvgIpc) is 3.14. The predicted octanol–water partition coefficient (Wildman–Crippen LogP) is 2.85. The Morgan fingerprint density at radius 1 is 1.23 bits per heavy atom. The van der Waals surface area contributed by atoms with Gasteiger partial charge in [0.05, 0.1) is 21.4 Å². The van der Waals surface area contributed by atoms with Crippen molar-refractivity contribution in [2.24, 2.45) is 10.7 Å². The molecule has 1 aliphatic rings. The van der Waals surface area contributed by atoms with E-state index in [0.717, 1.165) is 23.9 Å². The highest BCUT2D eigenvalue weighted by atomic mass is 79.9. The van der Waals surface area contributed by atoms with Crippen molar-refractivity contribution in [2.45, 2.75) is 6.42 Å². The van der Waals surface area contributed by atoms with Gasteiger partial charge < -0.3 is 20.4 Å². The Balaban J connectivity index is 1.60. The maximum Gasteiger partial charge on any atom is 0.274 e. The zero-order valence-corrected chi connectivity index (χ0v) is 18.5. The third-order valence-corrected chi connectivity index (χ3v) is 5.73. The van der Waals surface area contributed by atoms with E-state index in [0.29, 0.717) is 28.9 Å². The fourth-order valence-corrected chi connectivity index (χ4v) is 3.75. The molecule has 8 nitrogen and oxygen atoms in total. The molecule has 3 aromatic rings. The van der Waals surface area contributed by atoms with Crippen LogP contribution >= 0.6 is 15.9 Å². The molecule has 1 saturated heterocycles. The summed E-state index contributed by atoms with van der Waals surface area (Å²) in [7, 11) is 1.46. The number of imidazole rings is 1. The highest BCUT2D eigenvalue weighted by molar-refractivity contribution is 9.10. The zero-order valence-electron chi connectivity index (χ0n) is 16.9. The number of fused-ring (bicyclic) bond motifs is 1. The molecule has 31 heavy (non-hydrogen) atoms. The second-order valence-corrected chi connectivity index (χ2v) is 7.90. The number of nitrogens with two attached hydrogens (primary N) is 1. The number of aliphatic imine (C=N–C) groups is 1. The zero-order chi connectivity index (χ0) is 22.0. The molecule has 3 N–H and O–H groups in total. The molecule has 3 heterocycles. The molecule has 0 unspecified atom stereocenters. The Morgan fingerprint density at radius 3 is 2.58 bits per heavy atom. The van der Waals surface area contributed by atoms with Gasteiger partial charge in [0, 0.05) is 50.4 Å². The summed E-state index contributed by atoms with van der Waals surface area (Å²) in [6.45, 7) is 1.31. The molecular weight excluding hydrogens is 460 g/mol. The van der Waals surface area contributed by atoms with E-state index in [9.17, 15) is 9.59 Å². The lowest BCUT2D eigenvalue weighted by molar-refractivity contribution is -0.130. The Hall–Kier alpha value is -3.46. The van der Waals surface area contributed by atoms with E-state index in [1.165, 1.54) is 7.05 Å². The molecule has 4 rings (SSSR count). The van der Waals surface area contributed by atoms with Gasteiger partial charge in [0.2, 0.25) is 0 Å². The van der Waals surface area contributed by atoms with E-state index in [1.807, 2.05) is 47.1 Å². The Kier molecular flexibility index (Phi) is 5.85. The summed E-state index contributed by atoms with van der Waals surface area (Å²) in [5.74, 6) is -0.812. The summed E-state index contributed by atoms with van der Waals surface area (Å²) in [6.07, 6.45) is 5.82. The number of anilines is 1. The van der Waals surface area contributed by atoms with E-state index in [2.05, 4.69) is 31.2 Å². The highest BCUT2D eigenvalue weighted by Gasteiger charge is 2.29. The van der Waals surface area contributed by atoms with Gasteiger partial charge in [-0.25, -0.2) is 4.98 Å². The molecule has 158 valence electrons. The maximum absolute atomic E-state index is 12.9. The van der Waals surface area contributed by atoms with Crippen molar-refractivity contribution in [3.05, 3.63) is 65.0 Å². The average molecular weight is 481 g/mol. The number of benzene rings is 1. The molecule has 2 aromatic heterocycles. The van der Waals surface area contributed by atoms with E-state index >= 15 is 0 Å². The molecule has 9 heteroatoms. The van der Waals surface area contributed by atoms with Gasteiger partial charge in [-0.1, -0.05) is 30.3 Å². The number of amides is 2. The molecule has 1 fully saturated rings. The summed E-state index contributed by atoms with van der Waals surface area (Å²) in [6, 6.07) is 11.6. The summed E-state index contributed by atoms with van der Waals surface area (Å²) >= 11 is 3.49. The monoisotopic (exact) mass is 480 g/mol. The molecule has 1 aliphatic heterocycles. The molecule has 0 bridgehead atoms. The number of pyridine rings is 1. The first-order valence-electron chi connectivity index (χ1n) is 9.75. The molecular formula is C22H21BrN6O2. The lowest BCUT2D eigenvalue weighted by Gasteiger charge is -2.31. The minimum atomic E-state index is -0.520. The standard InChI is InChI=1S/C22H21BrN6O2/c1-25-20(15(11-24)22(31)28-8-5-9-28)21(30)27-17-10-19-26-18(13-29(19)12-16(17)23)14-6-3-2-4-7-14/h2-4,6-7,10-13H,5,8-9,24H2,1H3,(H,27,30). The Labute approximate surface area is 187 Å². The fraction of sp³-hybridized carbons (Fsp3) is 0.182. The normalized spacial score (nSPS) is 14.5. The first-order valence-corrected chi connectivity index (χ1v) is 10.5. The van der Waals surface area contributed by atoms with Crippen molar-refractivity contribution in [1.29, 1.82) is 0 Å². The number of nitrogens with zero attached hydrogens (tertiary/aromatic N) is 4. The van der Waals surface area contributed by atoms with Crippen molar-refractivity contribution in [3.8, 4) is 11.3 Å². The molecule has 0 spiro atoms. The molecule has 0 radical (unpaired) electrons. The second-order valence-electron chi connectivity index (χ2n) is 7.05. The van der Waals surface area contributed by atoms with Crippen LogP contribution in [0.2, 0.25) is 0 Å². The van der Waals surface area contributed by atoms with Gasteiger partial charge in [0.1, 0.15) is 11.4 Å². The smallest absolute Gasteiger partial charge is 0.274 e. The quantitative estimate of drug-likeness (QED) is 0.432. The number of nitrogens with one attached hydrogen (secondary N) is 1. The fourth-order valence-electron chi connectivity index (χ4n) is 3.32. The van der Waals surface area contributed by atoms with Crippen LogP contribution in [-0.4, -0.2) is 51.9 Å². The van der Waals surface area contributed by atoms with Crippen molar-refractivity contribution in [3.63, 3.8) is 0 Å². The van der Waals surface area contributed by atoms with E-state index in [4.69, 9.17) is 5.73 Å². The minimum Gasteiger partial charge on any atom is -0.404 e. The van der Waals surface area contributed by atoms with Crippen LogP contribution in [0.15, 0.2) is 70.0 Å². The minimum absolute atomic E-state index is 0.0144. The largest absolute Gasteiger partial charge is 0.404 e. The van der Waals surface area contributed by atoms with Gasteiger partial charge in [0.25, 0.3) is 11.8 Å². The SMILES string of the molecule is CN=C(C(=O)Nc1cc2nc(-c3ccccc3)cn2cc1Br)C(=CN)C(=O)N1CCC1. The maximum atomic E-state index is 12.9. The van der Waals surface area contributed by atoms with E-state index < -0.39 is 5.91 Å². The van der Waals surface area contributed by atoms with Crippen LogP contribution in [0, 0.1) is 0 Å². The summed E-state index contributed by atoms with van der Waals surface area (Å²) in [4.78, 5) is 35.8. The third-order valence-electron chi connectivity index (χ3n) is 5.10. The third kappa shape index (κ3) is 4.09. The number of hydrogen-bond donors (Lipinski definition) is 2. The van der Waals surface area contributed by atoms with Crippen LogP contribution in [0.25, 0.3) is 16.9 Å². The number of rotatable bonds is 5. The number of carbonyl (C=O) groups is 2. The van der Waals surface area contributed by atoms with Gasteiger partial charge in [-0.15, -0.1) is 0 Å². The van der Waals surface area contributed by atoms with E-state index in [1.54, 1.807) is 11.0 Å². The second kappa shape index (κ2) is 8.73. The number of carbonyl (C=O) groups excluding carboxylic acids is 2. The molecule has 0 aliphatic carbocycles. The summed E-state index contributed by atoms with van der Waals surface area (Å²) < 4.78 is 2.53. The van der Waals surface area contributed by atoms with Crippen LogP contribution < -0.4 is 11.1 Å². The van der Waals surface area contributed by atoms with Gasteiger partial charge in [0.15, 0.2) is 0 Å². The topological polar surface area (TPSA) is 105 Å². The highest BCUT2D eigenvalue weighted by Crippen LogP contribution is 2.27. The number of hydrogen-bond acceptors (Lipinski definition) is 5. The Bertz CT molecular complexity index is 1210. The summed E-state index contributed by atoms with van der Waals surface area (Å²) in [5.41, 5.74) is 8.73. The van der Waals surface area contributed by atoms with Crippen LogP contribution in [0.3, 0.4) is 0 Å². The van der Waals surface area contributed by atoms with E-state index in [-0.39, 0.29) is 17.2 Å². The van der Waals surface area contributed by atoms with Crippen molar-refractivity contribution in [2.75, 3.05) is 25.5 Å². The van der Waals surface area contributed by atoms with Crippen LogP contribution in [0.1, 0.15) is 6.42 Å². The Morgan fingerprint density at radius 2 is 1.97 bits per heavy atom. The van der Waals surface area contributed by atoms with Crippen molar-refractivity contribution >= 4 is 44.8 Å². The van der Waals surface area contributed by atoms with Gasteiger partial charge in [-0.05, 0) is 22.4 Å². The number of likely N-dealkylation sites (tertiary alicyclic amines) is 1. The van der Waals surface area contributed by atoms with Crippen LogP contribution in [0.5, 0.6) is 0 Å². The summed E-state index contributed by atoms with van der Waals surface area (Å²) in [5, 5.41) is 2.81. The number of halogens is 1. The lowest BCUT2D eigenvalue weighted by Crippen LogP contribution is -2.45. The van der Waals surface area contributed by atoms with Crippen molar-refractivity contribution in [1.82, 2.24) is 14.3 Å². The predicted molar refractivity (Wildman–Crippen MR) is 124 cm³/mol. The molecule has 0 atom stereocenters. The molecule has 1 aromatic carbocycles. The van der Waals surface area contributed by atoms with Crippen LogP contribution in [0.4, 0.5) is 5.69 Å². The van der Waals surface area contributed by atoms with Crippen molar-refractivity contribution < 1.29 is 9.59 Å². The lowest BCUT2D eigenvalue weighted by atomic mass is 10.1. The van der Waals surface area contributed by atoms with Gasteiger partial charge in [-0.2, -0.15) is 0 Å². The number of aromatic nitrogens is 2. The van der Waals surface area contributed by atoms with Gasteiger partial charge in [-0.3, -0.25) is 14.6 Å². The first kappa shape index (κ1) is 20.8. The molecule has 0 saturated carbocycles. The molecule has 2 amide bonds. The van der Waals surface area contributed by atoms with Gasteiger partial charge >= 0.3 is 0 Å². The van der Waals surface area contributed by atoms with Crippen LogP contribution in [-0.2, 0) is 9.59 Å².